The Hall–Kier alpha value is -2.64. The van der Waals surface area contributed by atoms with Gasteiger partial charge in [-0.05, 0) is 49.4 Å². The second kappa shape index (κ2) is 5.95. The van der Waals surface area contributed by atoms with E-state index in [9.17, 15) is 19.2 Å². The molecule has 0 unspecified atom stereocenters. The zero-order valence-electron chi connectivity index (χ0n) is 17.0. The van der Waals surface area contributed by atoms with Gasteiger partial charge < -0.3 is 18.9 Å². The topological polar surface area (TPSA) is 105 Å². The van der Waals surface area contributed by atoms with Crippen molar-refractivity contribution in [1.29, 1.82) is 0 Å². The first-order chi connectivity index (χ1) is 14.2. The van der Waals surface area contributed by atoms with Gasteiger partial charge in [-0.25, -0.2) is 9.59 Å². The first-order valence-corrected chi connectivity index (χ1v) is 10.2. The lowest BCUT2D eigenvalue weighted by Gasteiger charge is -3.08. The summed E-state index contributed by atoms with van der Waals surface area (Å²) in [5.41, 5.74) is -0.211. The molecule has 0 bridgehead atoms. The molecular weight excluding hydrogens is 392 g/mol. The van der Waals surface area contributed by atoms with Crippen LogP contribution in [0, 0.1) is 46.3 Å². The molecule has 0 saturated heterocycles. The van der Waals surface area contributed by atoms with Gasteiger partial charge >= 0.3 is 23.9 Å². The van der Waals surface area contributed by atoms with Gasteiger partial charge in [0.1, 0.15) is 26.4 Å². The van der Waals surface area contributed by atoms with E-state index in [2.05, 4.69) is 13.2 Å². The number of rotatable bonds is 10. The van der Waals surface area contributed by atoms with Crippen molar-refractivity contribution in [2.24, 2.45) is 46.3 Å². The van der Waals surface area contributed by atoms with Gasteiger partial charge in [0.25, 0.3) is 0 Å². The largest absolute Gasteiger partial charge is 0.462 e. The summed E-state index contributed by atoms with van der Waals surface area (Å²) < 4.78 is 20.6. The Morgan fingerprint density at radius 2 is 0.867 bits per heavy atom. The average Bonchev–Trinajstić information content (AvgIpc) is 2.72. The zero-order chi connectivity index (χ0) is 21.6. The molecule has 6 fully saturated rings. The third kappa shape index (κ3) is 1.80. The molecule has 0 amide bonds. The van der Waals surface area contributed by atoms with Crippen LogP contribution in [0.3, 0.4) is 0 Å². The van der Waals surface area contributed by atoms with Crippen LogP contribution in [0.1, 0.15) is 13.8 Å². The second-order valence-electron chi connectivity index (χ2n) is 9.13. The van der Waals surface area contributed by atoms with E-state index in [-0.39, 0.29) is 73.9 Å². The first-order valence-electron chi connectivity index (χ1n) is 10.2. The van der Waals surface area contributed by atoms with Crippen molar-refractivity contribution >= 4 is 23.9 Å². The lowest BCUT2D eigenvalue weighted by Crippen LogP contribution is -3.12. The van der Waals surface area contributed by atoms with Gasteiger partial charge in [-0.2, -0.15) is 0 Å². The summed E-state index contributed by atoms with van der Waals surface area (Å²) in [5.74, 6) is -0.123. The van der Waals surface area contributed by atoms with Crippen molar-refractivity contribution in [2.75, 3.05) is 26.4 Å². The van der Waals surface area contributed by atoms with Gasteiger partial charge in [0.15, 0.2) is 0 Å². The first kappa shape index (κ1) is 19.3. The minimum atomic E-state index is -0.502. The van der Waals surface area contributed by atoms with Crippen LogP contribution in [-0.4, -0.2) is 50.3 Å². The molecule has 8 nitrogen and oxygen atoms in total. The van der Waals surface area contributed by atoms with E-state index in [1.54, 1.807) is 13.8 Å². The summed E-state index contributed by atoms with van der Waals surface area (Å²) >= 11 is 0. The number of hydrogen-bond acceptors (Lipinski definition) is 8. The highest BCUT2D eigenvalue weighted by Gasteiger charge is 3.13. The number of hydrogen-bond donors (Lipinski definition) is 0. The Balaban J connectivity index is 1.08. The lowest BCUT2D eigenvalue weighted by atomic mass is 8.92. The van der Waals surface area contributed by atoms with Crippen molar-refractivity contribution in [2.45, 2.75) is 13.8 Å². The van der Waals surface area contributed by atoms with Crippen LogP contribution in [0.25, 0.3) is 0 Å². The van der Waals surface area contributed by atoms with Crippen molar-refractivity contribution < 1.29 is 38.1 Å². The fraction of sp³-hybridized carbons (Fsp3) is 0.636. The van der Waals surface area contributed by atoms with Crippen LogP contribution in [0.15, 0.2) is 24.3 Å². The van der Waals surface area contributed by atoms with Gasteiger partial charge in [-0.15, -0.1) is 0 Å². The summed E-state index contributed by atoms with van der Waals surface area (Å²) in [5, 5.41) is 0. The predicted octanol–water partition coefficient (Wildman–Crippen LogP) is 1.05. The molecular formula is C22H24O8. The third-order valence-electron chi connectivity index (χ3n) is 8.13. The molecule has 6 saturated carbocycles. The maximum absolute atomic E-state index is 12.7. The van der Waals surface area contributed by atoms with Gasteiger partial charge in [-0.1, -0.05) is 13.2 Å². The fourth-order valence-electron chi connectivity index (χ4n) is 7.38. The van der Waals surface area contributed by atoms with Gasteiger partial charge in [-0.3, -0.25) is 9.59 Å². The molecule has 0 aromatic rings. The van der Waals surface area contributed by atoms with E-state index in [1.807, 2.05) is 0 Å². The Labute approximate surface area is 173 Å². The number of carbonyl (C=O) groups is 4. The Morgan fingerprint density at radius 1 is 0.600 bits per heavy atom. The third-order valence-corrected chi connectivity index (χ3v) is 8.13. The molecule has 0 aliphatic heterocycles. The van der Waals surface area contributed by atoms with E-state index in [0.717, 1.165) is 0 Å². The fourth-order valence-corrected chi connectivity index (χ4v) is 7.38. The quantitative estimate of drug-likeness (QED) is 0.225. The average molecular weight is 416 g/mol. The minimum Gasteiger partial charge on any atom is -0.462 e. The van der Waals surface area contributed by atoms with Crippen LogP contribution in [0.5, 0.6) is 0 Å². The monoisotopic (exact) mass is 416 g/mol. The number of esters is 4. The Bertz CT molecular complexity index is 787. The lowest BCUT2D eigenvalue weighted by molar-refractivity contribution is -0.628. The summed E-state index contributed by atoms with van der Waals surface area (Å²) in [6, 6.07) is 0. The zero-order valence-corrected chi connectivity index (χ0v) is 17.0. The molecule has 0 heterocycles. The van der Waals surface area contributed by atoms with E-state index in [4.69, 9.17) is 18.9 Å². The molecule has 0 atom stereocenters. The van der Waals surface area contributed by atoms with E-state index in [1.165, 1.54) is 0 Å². The summed E-state index contributed by atoms with van der Waals surface area (Å²) in [6.45, 7) is 10.2. The smallest absolute Gasteiger partial charge is 0.333 e. The minimum absolute atomic E-state index is 0.00994. The molecule has 6 aliphatic rings. The van der Waals surface area contributed by atoms with E-state index < -0.39 is 22.8 Å². The van der Waals surface area contributed by atoms with Crippen molar-refractivity contribution in [1.82, 2.24) is 0 Å². The van der Waals surface area contributed by atoms with Gasteiger partial charge in [0, 0.05) is 11.1 Å². The molecule has 0 spiro atoms. The van der Waals surface area contributed by atoms with E-state index >= 15 is 0 Å². The van der Waals surface area contributed by atoms with Crippen LogP contribution in [0.4, 0.5) is 0 Å². The van der Waals surface area contributed by atoms with Crippen molar-refractivity contribution in [3.05, 3.63) is 24.3 Å². The molecule has 0 N–H and O–H groups in total. The molecule has 160 valence electrons. The number of carbonyl (C=O) groups excluding carboxylic acids is 4. The molecule has 0 aromatic carbocycles. The van der Waals surface area contributed by atoms with Crippen LogP contribution >= 0.6 is 0 Å². The van der Waals surface area contributed by atoms with Crippen molar-refractivity contribution in [3.8, 4) is 0 Å². The number of ether oxygens (including phenoxy) is 4. The molecule has 8 heteroatoms. The molecule has 0 aromatic heterocycles. The maximum Gasteiger partial charge on any atom is 0.333 e. The predicted molar refractivity (Wildman–Crippen MR) is 99.3 cm³/mol. The SMILES string of the molecule is C=C(C)C(=O)OCCOC(=O)C12C3C4C1C1C2C3C41C(=O)OCCOC(=O)C(=C)C. The van der Waals surface area contributed by atoms with Crippen LogP contribution < -0.4 is 0 Å². The summed E-state index contributed by atoms with van der Waals surface area (Å²) in [4.78, 5) is 48.0. The summed E-state index contributed by atoms with van der Waals surface area (Å²) in [6.07, 6.45) is 0. The Morgan fingerprint density at radius 3 is 1.13 bits per heavy atom. The van der Waals surface area contributed by atoms with Gasteiger partial charge in [0.2, 0.25) is 0 Å². The van der Waals surface area contributed by atoms with Crippen LogP contribution in [0.2, 0.25) is 0 Å². The van der Waals surface area contributed by atoms with Crippen LogP contribution in [-0.2, 0) is 38.1 Å². The molecule has 0 radical (unpaired) electrons. The second-order valence-corrected chi connectivity index (χ2v) is 9.13. The maximum atomic E-state index is 12.7. The molecule has 6 rings (SSSR count). The highest BCUT2D eigenvalue weighted by molar-refractivity contribution is 5.97. The molecule has 6 aliphatic carbocycles. The highest BCUT2D eigenvalue weighted by Crippen LogP contribution is 3.10. The van der Waals surface area contributed by atoms with Gasteiger partial charge in [0.05, 0.1) is 10.8 Å². The normalized spacial score (nSPS) is 41.3. The Kier molecular flexibility index (Phi) is 3.84. The highest BCUT2D eigenvalue weighted by atomic mass is 16.6. The van der Waals surface area contributed by atoms with Crippen molar-refractivity contribution in [3.63, 3.8) is 0 Å². The molecule has 30 heavy (non-hydrogen) atoms. The van der Waals surface area contributed by atoms with E-state index in [0.29, 0.717) is 11.1 Å². The standard InChI is InChI=1S/C22H24O8/c1-9(2)17(23)27-5-7-29-19(25)21-11-14-12(21)16-13(21)15(11)22(14,16)20(26)30-8-6-28-18(24)10(3)4/h11-16H,1,3,5-8H2,2,4H3. The summed E-state index contributed by atoms with van der Waals surface area (Å²) in [7, 11) is 0.